The first kappa shape index (κ1) is 18.6. The van der Waals surface area contributed by atoms with Gasteiger partial charge in [0, 0.05) is 12.6 Å². The molecule has 0 aliphatic carbocycles. The number of aromatic nitrogens is 2. The van der Waals surface area contributed by atoms with Crippen molar-refractivity contribution >= 4 is 21.2 Å². The van der Waals surface area contributed by atoms with Crippen LogP contribution in [0, 0.1) is 0 Å². The standard InChI is InChI=1S/C19H24N4O2S/c1-19(2,3)22-26(24,25)21-17(14-10-6-5-7-11-14)18-20-15-12-8-9-13-16(15)23(18)4/h5-13,17,21-22H,1-4H3. The maximum atomic E-state index is 12.7. The molecular weight excluding hydrogens is 348 g/mol. The number of aryl methyl sites for hydroxylation is 1. The van der Waals surface area contributed by atoms with Gasteiger partial charge >= 0.3 is 0 Å². The highest BCUT2D eigenvalue weighted by molar-refractivity contribution is 7.87. The average Bonchev–Trinajstić information content (AvgIpc) is 2.89. The van der Waals surface area contributed by atoms with E-state index in [1.807, 2.05) is 66.2 Å². The lowest BCUT2D eigenvalue weighted by Gasteiger charge is -2.24. The molecule has 1 unspecified atom stereocenters. The van der Waals surface area contributed by atoms with Crippen molar-refractivity contribution in [1.29, 1.82) is 0 Å². The van der Waals surface area contributed by atoms with Gasteiger partial charge in [0.15, 0.2) is 0 Å². The lowest BCUT2D eigenvalue weighted by atomic mass is 10.1. The number of nitrogens with zero attached hydrogens (tertiary/aromatic N) is 2. The van der Waals surface area contributed by atoms with Crippen LogP contribution in [0.25, 0.3) is 11.0 Å². The highest BCUT2D eigenvalue weighted by Crippen LogP contribution is 2.25. The minimum Gasteiger partial charge on any atom is -0.329 e. The number of rotatable bonds is 5. The van der Waals surface area contributed by atoms with E-state index in [0.717, 1.165) is 16.6 Å². The molecule has 0 fully saturated rings. The van der Waals surface area contributed by atoms with Gasteiger partial charge in [-0.25, -0.2) is 4.98 Å². The van der Waals surface area contributed by atoms with Crippen LogP contribution >= 0.6 is 0 Å². The van der Waals surface area contributed by atoms with Crippen LogP contribution in [0.5, 0.6) is 0 Å². The van der Waals surface area contributed by atoms with E-state index < -0.39 is 21.8 Å². The molecule has 1 atom stereocenters. The molecule has 0 spiro atoms. The Kier molecular flexibility index (Phi) is 4.88. The molecule has 1 aromatic heterocycles. The average molecular weight is 372 g/mol. The number of hydrogen-bond acceptors (Lipinski definition) is 3. The molecule has 7 heteroatoms. The van der Waals surface area contributed by atoms with Crippen molar-refractivity contribution in [3.8, 4) is 0 Å². The Morgan fingerprint density at radius 2 is 1.62 bits per heavy atom. The van der Waals surface area contributed by atoms with Gasteiger partial charge in [0.05, 0.1) is 11.0 Å². The monoisotopic (exact) mass is 372 g/mol. The summed E-state index contributed by atoms with van der Waals surface area (Å²) in [5.74, 6) is 0.636. The molecule has 0 saturated heterocycles. The number of fused-ring (bicyclic) bond motifs is 1. The van der Waals surface area contributed by atoms with Crippen molar-refractivity contribution in [2.75, 3.05) is 0 Å². The maximum Gasteiger partial charge on any atom is 0.278 e. The summed E-state index contributed by atoms with van der Waals surface area (Å²) in [6, 6.07) is 16.6. The van der Waals surface area contributed by atoms with Crippen molar-refractivity contribution < 1.29 is 8.42 Å². The second-order valence-electron chi connectivity index (χ2n) is 7.33. The van der Waals surface area contributed by atoms with Crippen molar-refractivity contribution in [3.63, 3.8) is 0 Å². The van der Waals surface area contributed by atoms with Crippen molar-refractivity contribution in [2.45, 2.75) is 32.4 Å². The minimum atomic E-state index is -3.74. The summed E-state index contributed by atoms with van der Waals surface area (Å²) >= 11 is 0. The lowest BCUT2D eigenvalue weighted by Crippen LogP contribution is -2.48. The number of hydrogen-bond donors (Lipinski definition) is 2. The molecular formula is C19H24N4O2S. The Bertz CT molecular complexity index is 1000. The van der Waals surface area contributed by atoms with Crippen LogP contribution in [0.15, 0.2) is 54.6 Å². The number of benzene rings is 2. The van der Waals surface area contributed by atoms with Crippen molar-refractivity contribution in [1.82, 2.24) is 19.0 Å². The number of para-hydroxylation sites is 2. The minimum absolute atomic E-state index is 0.584. The normalized spacial score (nSPS) is 13.8. The molecule has 1 heterocycles. The summed E-state index contributed by atoms with van der Waals surface area (Å²) in [6.45, 7) is 5.41. The quantitative estimate of drug-likeness (QED) is 0.723. The molecule has 26 heavy (non-hydrogen) atoms. The highest BCUT2D eigenvalue weighted by atomic mass is 32.2. The van der Waals surface area contributed by atoms with E-state index in [9.17, 15) is 8.42 Å². The molecule has 0 aliphatic rings. The fourth-order valence-electron chi connectivity index (χ4n) is 2.93. The van der Waals surface area contributed by atoms with Crippen LogP contribution in [0.1, 0.15) is 38.2 Å². The summed E-state index contributed by atoms with van der Waals surface area (Å²) in [4.78, 5) is 4.68. The molecule has 2 aromatic carbocycles. The van der Waals surface area contributed by atoms with Gasteiger partial charge in [-0.3, -0.25) is 0 Å². The molecule has 3 rings (SSSR count). The van der Waals surface area contributed by atoms with Gasteiger partial charge in [-0.1, -0.05) is 42.5 Å². The SMILES string of the molecule is Cn1c(C(NS(=O)(=O)NC(C)(C)C)c2ccccc2)nc2ccccc21. The Morgan fingerprint density at radius 3 is 2.23 bits per heavy atom. The molecule has 0 radical (unpaired) electrons. The van der Waals surface area contributed by atoms with Crippen LogP contribution in [-0.2, 0) is 17.3 Å². The largest absolute Gasteiger partial charge is 0.329 e. The number of imidazole rings is 1. The number of nitrogens with one attached hydrogen (secondary N) is 2. The van der Waals surface area contributed by atoms with Gasteiger partial charge in [0.1, 0.15) is 11.9 Å². The molecule has 0 amide bonds. The Hall–Kier alpha value is -2.22. The Balaban J connectivity index is 2.08. The molecule has 3 aromatic rings. The van der Waals surface area contributed by atoms with E-state index in [0.29, 0.717) is 5.82 Å². The first-order chi connectivity index (χ1) is 12.2. The van der Waals surface area contributed by atoms with Crippen LogP contribution in [0.4, 0.5) is 0 Å². The predicted molar refractivity (Wildman–Crippen MR) is 104 cm³/mol. The molecule has 2 N–H and O–H groups in total. The van der Waals surface area contributed by atoms with Gasteiger partial charge in [0.25, 0.3) is 10.2 Å². The lowest BCUT2D eigenvalue weighted by molar-refractivity contribution is 0.477. The first-order valence-corrected chi connectivity index (χ1v) is 9.92. The smallest absolute Gasteiger partial charge is 0.278 e. The van der Waals surface area contributed by atoms with Crippen molar-refractivity contribution in [2.24, 2.45) is 7.05 Å². The fourth-order valence-corrected chi connectivity index (χ4v) is 4.34. The zero-order valence-corrected chi connectivity index (χ0v) is 16.2. The van der Waals surface area contributed by atoms with Crippen LogP contribution in [0.3, 0.4) is 0 Å². The third-order valence-corrected chi connectivity index (χ3v) is 5.35. The van der Waals surface area contributed by atoms with E-state index in [-0.39, 0.29) is 0 Å². The van der Waals surface area contributed by atoms with E-state index >= 15 is 0 Å². The summed E-state index contributed by atoms with van der Waals surface area (Å²) in [5.41, 5.74) is 2.02. The molecule has 0 aliphatic heterocycles. The van der Waals surface area contributed by atoms with Gasteiger partial charge in [0.2, 0.25) is 0 Å². The zero-order chi connectivity index (χ0) is 18.9. The van der Waals surface area contributed by atoms with E-state index in [1.54, 1.807) is 20.8 Å². The zero-order valence-electron chi connectivity index (χ0n) is 15.4. The summed E-state index contributed by atoms with van der Waals surface area (Å²) < 4.78 is 32.7. The predicted octanol–water partition coefficient (Wildman–Crippen LogP) is 2.89. The summed E-state index contributed by atoms with van der Waals surface area (Å²) in [5, 5.41) is 0. The fraction of sp³-hybridized carbons (Fsp3) is 0.316. The second-order valence-corrected chi connectivity index (χ2v) is 8.78. The molecule has 0 saturated carbocycles. The molecule has 6 nitrogen and oxygen atoms in total. The summed E-state index contributed by atoms with van der Waals surface area (Å²) in [6.07, 6.45) is 0. The van der Waals surface area contributed by atoms with Crippen LogP contribution < -0.4 is 9.44 Å². The second kappa shape index (κ2) is 6.83. The third kappa shape index (κ3) is 4.12. The van der Waals surface area contributed by atoms with Gasteiger partial charge in [-0.2, -0.15) is 17.9 Å². The first-order valence-electron chi connectivity index (χ1n) is 8.44. The van der Waals surface area contributed by atoms with Crippen LogP contribution in [-0.4, -0.2) is 23.5 Å². The topological polar surface area (TPSA) is 76.0 Å². The van der Waals surface area contributed by atoms with E-state index in [4.69, 9.17) is 0 Å². The van der Waals surface area contributed by atoms with Crippen molar-refractivity contribution in [3.05, 3.63) is 66.0 Å². The Labute approximate surface area is 154 Å². The van der Waals surface area contributed by atoms with E-state index in [2.05, 4.69) is 14.4 Å². The maximum absolute atomic E-state index is 12.7. The Morgan fingerprint density at radius 1 is 1.00 bits per heavy atom. The van der Waals surface area contributed by atoms with E-state index in [1.165, 1.54) is 0 Å². The molecule has 0 bridgehead atoms. The third-order valence-electron chi connectivity index (χ3n) is 3.93. The van der Waals surface area contributed by atoms with Gasteiger partial charge < -0.3 is 4.57 Å². The molecule has 138 valence electrons. The van der Waals surface area contributed by atoms with Gasteiger partial charge in [-0.05, 0) is 38.5 Å². The summed E-state index contributed by atoms with van der Waals surface area (Å²) in [7, 11) is -1.85. The highest BCUT2D eigenvalue weighted by Gasteiger charge is 2.28. The van der Waals surface area contributed by atoms with Gasteiger partial charge in [-0.15, -0.1) is 0 Å². The van der Waals surface area contributed by atoms with Crippen LogP contribution in [0.2, 0.25) is 0 Å².